The van der Waals surface area contributed by atoms with Crippen LogP contribution in [-0.4, -0.2) is 14.7 Å². The first-order chi connectivity index (χ1) is 8.66. The average molecular weight is 248 g/mol. The van der Waals surface area contributed by atoms with E-state index in [0.717, 1.165) is 30.4 Å². The normalized spacial score (nSPS) is 34.5. The van der Waals surface area contributed by atoms with Crippen LogP contribution in [0.2, 0.25) is 0 Å². The van der Waals surface area contributed by atoms with Gasteiger partial charge in [-0.1, -0.05) is 20.3 Å². The summed E-state index contributed by atoms with van der Waals surface area (Å²) < 4.78 is 2.20. The summed E-state index contributed by atoms with van der Waals surface area (Å²) in [5, 5.41) is 10.6. The number of nitrogens with zero attached hydrogens (tertiary/aromatic N) is 2. The van der Waals surface area contributed by atoms with Crippen molar-refractivity contribution in [1.82, 2.24) is 9.55 Å². The largest absolute Gasteiger partial charge is 0.387 e. The van der Waals surface area contributed by atoms with Gasteiger partial charge >= 0.3 is 0 Å². The standard InChI is InChI=1S/C15H24N2O/c1-10-3-4-12(7-11(10)2)15(18)14-8-16-9-17(14)13-5-6-13/h8-13,15,18H,3-7H2,1-2H3. The van der Waals surface area contributed by atoms with Crippen LogP contribution in [0, 0.1) is 17.8 Å². The Bertz CT molecular complexity index is 410. The topological polar surface area (TPSA) is 38.1 Å². The number of rotatable bonds is 3. The third-order valence-electron chi connectivity index (χ3n) is 5.02. The van der Waals surface area contributed by atoms with Gasteiger partial charge in [-0.15, -0.1) is 0 Å². The van der Waals surface area contributed by atoms with Crippen molar-refractivity contribution in [2.45, 2.75) is 58.1 Å². The van der Waals surface area contributed by atoms with E-state index in [4.69, 9.17) is 0 Å². The second-order valence-corrected chi connectivity index (χ2v) is 6.43. The second-order valence-electron chi connectivity index (χ2n) is 6.43. The summed E-state index contributed by atoms with van der Waals surface area (Å²) in [7, 11) is 0. The van der Waals surface area contributed by atoms with Crippen LogP contribution < -0.4 is 0 Å². The van der Waals surface area contributed by atoms with E-state index in [1.165, 1.54) is 19.3 Å². The molecule has 4 unspecified atom stereocenters. The third kappa shape index (κ3) is 2.20. The van der Waals surface area contributed by atoms with Crippen molar-refractivity contribution in [1.29, 1.82) is 0 Å². The van der Waals surface area contributed by atoms with Crippen molar-refractivity contribution in [2.24, 2.45) is 17.8 Å². The first-order valence-electron chi connectivity index (χ1n) is 7.36. The Morgan fingerprint density at radius 3 is 2.67 bits per heavy atom. The van der Waals surface area contributed by atoms with Gasteiger partial charge in [0.25, 0.3) is 0 Å². The van der Waals surface area contributed by atoms with E-state index < -0.39 is 0 Å². The molecular weight excluding hydrogens is 224 g/mol. The molecule has 0 spiro atoms. The molecule has 18 heavy (non-hydrogen) atoms. The minimum absolute atomic E-state index is 0.317. The minimum Gasteiger partial charge on any atom is -0.387 e. The Morgan fingerprint density at radius 2 is 2.00 bits per heavy atom. The van der Waals surface area contributed by atoms with Gasteiger partial charge in [0.2, 0.25) is 0 Å². The summed E-state index contributed by atoms with van der Waals surface area (Å²) in [5.41, 5.74) is 1.05. The average Bonchev–Trinajstić information content (AvgIpc) is 3.09. The first-order valence-corrected chi connectivity index (χ1v) is 7.36. The maximum atomic E-state index is 10.6. The summed E-state index contributed by atoms with van der Waals surface area (Å²) in [6.07, 6.45) is 9.49. The molecule has 4 atom stereocenters. The molecule has 2 fully saturated rings. The quantitative estimate of drug-likeness (QED) is 0.891. The molecule has 0 radical (unpaired) electrons. The lowest BCUT2D eigenvalue weighted by Crippen LogP contribution is -2.26. The van der Waals surface area contributed by atoms with E-state index in [0.29, 0.717) is 12.0 Å². The van der Waals surface area contributed by atoms with Gasteiger partial charge in [-0.2, -0.15) is 0 Å². The molecule has 2 aliphatic rings. The number of imidazole rings is 1. The van der Waals surface area contributed by atoms with E-state index in [1.807, 2.05) is 12.5 Å². The number of aliphatic hydroxyl groups excluding tert-OH is 1. The molecule has 3 heteroatoms. The summed E-state index contributed by atoms with van der Waals surface area (Å²) >= 11 is 0. The van der Waals surface area contributed by atoms with E-state index in [2.05, 4.69) is 23.4 Å². The Balaban J connectivity index is 1.73. The van der Waals surface area contributed by atoms with Crippen LogP contribution in [-0.2, 0) is 0 Å². The van der Waals surface area contributed by atoms with Crippen LogP contribution in [0.4, 0.5) is 0 Å². The highest BCUT2D eigenvalue weighted by atomic mass is 16.3. The maximum Gasteiger partial charge on any atom is 0.0984 e. The molecule has 2 aliphatic carbocycles. The van der Waals surface area contributed by atoms with Crippen LogP contribution in [0.3, 0.4) is 0 Å². The fourth-order valence-corrected chi connectivity index (χ4v) is 3.32. The Hall–Kier alpha value is -0.830. The van der Waals surface area contributed by atoms with Crippen LogP contribution in [0.5, 0.6) is 0 Å². The van der Waals surface area contributed by atoms with Crippen molar-refractivity contribution in [3.63, 3.8) is 0 Å². The van der Waals surface area contributed by atoms with Gasteiger partial charge in [-0.05, 0) is 43.4 Å². The predicted molar refractivity (Wildman–Crippen MR) is 71.1 cm³/mol. The molecule has 2 saturated carbocycles. The lowest BCUT2D eigenvalue weighted by molar-refractivity contribution is 0.0505. The second kappa shape index (κ2) is 4.69. The molecular formula is C15H24N2O. The molecule has 100 valence electrons. The number of hydrogen-bond acceptors (Lipinski definition) is 2. The third-order valence-corrected chi connectivity index (χ3v) is 5.02. The molecule has 0 saturated heterocycles. The predicted octanol–water partition coefficient (Wildman–Crippen LogP) is 3.32. The van der Waals surface area contributed by atoms with Crippen molar-refractivity contribution >= 4 is 0 Å². The fourth-order valence-electron chi connectivity index (χ4n) is 3.32. The minimum atomic E-state index is -0.317. The van der Waals surface area contributed by atoms with Crippen molar-refractivity contribution in [2.75, 3.05) is 0 Å². The molecule has 3 nitrogen and oxygen atoms in total. The summed E-state index contributed by atoms with van der Waals surface area (Å²) in [5.74, 6) is 1.96. The Kier molecular flexibility index (Phi) is 3.18. The SMILES string of the molecule is CC1CCC(C(O)c2cncn2C2CC2)CC1C. The van der Waals surface area contributed by atoms with Gasteiger partial charge in [0.05, 0.1) is 24.3 Å². The molecule has 1 aromatic rings. The Labute approximate surface area is 109 Å². The van der Waals surface area contributed by atoms with Gasteiger partial charge in [-0.25, -0.2) is 4.98 Å². The zero-order valence-corrected chi connectivity index (χ0v) is 11.4. The molecule has 1 N–H and O–H groups in total. The summed E-state index contributed by atoms with van der Waals surface area (Å²) in [4.78, 5) is 4.24. The number of aromatic nitrogens is 2. The zero-order valence-electron chi connectivity index (χ0n) is 11.4. The summed E-state index contributed by atoms with van der Waals surface area (Å²) in [6.45, 7) is 4.66. The summed E-state index contributed by atoms with van der Waals surface area (Å²) in [6, 6.07) is 0.608. The van der Waals surface area contributed by atoms with Gasteiger partial charge in [0.15, 0.2) is 0 Å². The highest BCUT2D eigenvalue weighted by molar-refractivity contribution is 5.08. The number of aliphatic hydroxyl groups is 1. The van der Waals surface area contributed by atoms with Gasteiger partial charge < -0.3 is 9.67 Å². The Morgan fingerprint density at radius 1 is 1.22 bits per heavy atom. The smallest absolute Gasteiger partial charge is 0.0984 e. The van der Waals surface area contributed by atoms with E-state index in [1.54, 1.807) is 0 Å². The highest BCUT2D eigenvalue weighted by Crippen LogP contribution is 2.42. The maximum absolute atomic E-state index is 10.6. The number of hydrogen-bond donors (Lipinski definition) is 1. The fraction of sp³-hybridized carbons (Fsp3) is 0.800. The van der Waals surface area contributed by atoms with Crippen LogP contribution in [0.25, 0.3) is 0 Å². The highest BCUT2D eigenvalue weighted by Gasteiger charge is 2.33. The van der Waals surface area contributed by atoms with Gasteiger partial charge in [0, 0.05) is 6.04 Å². The molecule has 0 aliphatic heterocycles. The monoisotopic (exact) mass is 248 g/mol. The lowest BCUT2D eigenvalue weighted by Gasteiger charge is -2.34. The van der Waals surface area contributed by atoms with Crippen molar-refractivity contribution in [3.05, 3.63) is 18.2 Å². The van der Waals surface area contributed by atoms with Crippen LogP contribution >= 0.6 is 0 Å². The first kappa shape index (κ1) is 12.2. The van der Waals surface area contributed by atoms with E-state index >= 15 is 0 Å². The van der Waals surface area contributed by atoms with E-state index in [9.17, 15) is 5.11 Å². The van der Waals surface area contributed by atoms with Gasteiger partial charge in [-0.3, -0.25) is 0 Å². The van der Waals surface area contributed by atoms with Crippen LogP contribution in [0.1, 0.15) is 63.8 Å². The molecule has 3 rings (SSSR count). The molecule has 0 amide bonds. The lowest BCUT2D eigenvalue weighted by atomic mass is 9.73. The van der Waals surface area contributed by atoms with Crippen LogP contribution in [0.15, 0.2) is 12.5 Å². The van der Waals surface area contributed by atoms with Crippen molar-refractivity contribution in [3.8, 4) is 0 Å². The molecule has 0 bridgehead atoms. The van der Waals surface area contributed by atoms with E-state index in [-0.39, 0.29) is 6.10 Å². The molecule has 0 aromatic carbocycles. The zero-order chi connectivity index (χ0) is 12.7. The molecule has 1 aromatic heterocycles. The van der Waals surface area contributed by atoms with Crippen molar-refractivity contribution < 1.29 is 5.11 Å². The molecule has 1 heterocycles. The van der Waals surface area contributed by atoms with Gasteiger partial charge in [0.1, 0.15) is 0 Å².